The molecule has 1 fully saturated rings. The van der Waals surface area contributed by atoms with Gasteiger partial charge in [0.1, 0.15) is 5.41 Å². The molecule has 3 rings (SSSR count). The summed E-state index contributed by atoms with van der Waals surface area (Å²) in [5.41, 5.74) is 2.42. The van der Waals surface area contributed by atoms with Crippen molar-refractivity contribution in [3.05, 3.63) is 71.3 Å². The number of hydrogen-bond acceptors (Lipinski definition) is 3. The monoisotopic (exact) mass is 393 g/mol. The second kappa shape index (κ2) is 9.23. The Morgan fingerprint density at radius 3 is 2.14 bits per heavy atom. The van der Waals surface area contributed by atoms with E-state index in [9.17, 15) is 9.59 Å². The maximum atomic E-state index is 13.0. The highest BCUT2D eigenvalue weighted by atomic mass is 16.2. The molecule has 0 unspecified atom stereocenters. The average Bonchev–Trinajstić information content (AvgIpc) is 2.74. The van der Waals surface area contributed by atoms with Crippen LogP contribution in [0.4, 0.5) is 0 Å². The van der Waals surface area contributed by atoms with Gasteiger partial charge in [-0.05, 0) is 31.9 Å². The molecule has 1 saturated heterocycles. The van der Waals surface area contributed by atoms with Gasteiger partial charge in [-0.1, -0.05) is 60.2 Å². The molecule has 0 spiro atoms. The Bertz CT molecular complexity index is 823. The maximum absolute atomic E-state index is 13.0. The van der Waals surface area contributed by atoms with Crippen molar-refractivity contribution in [1.29, 1.82) is 0 Å². The summed E-state index contributed by atoms with van der Waals surface area (Å²) in [6, 6.07) is 18.4. The molecule has 0 bridgehead atoms. The van der Waals surface area contributed by atoms with Gasteiger partial charge in [-0.3, -0.25) is 14.5 Å². The molecule has 2 aromatic rings. The second-order valence-electron chi connectivity index (χ2n) is 8.35. The molecule has 1 heterocycles. The van der Waals surface area contributed by atoms with E-state index in [2.05, 4.69) is 22.3 Å². The molecule has 0 aliphatic carbocycles. The molecule has 5 nitrogen and oxygen atoms in total. The van der Waals surface area contributed by atoms with Crippen LogP contribution >= 0.6 is 0 Å². The van der Waals surface area contributed by atoms with Crippen LogP contribution in [0.15, 0.2) is 54.6 Å². The van der Waals surface area contributed by atoms with Crippen LogP contribution in [-0.2, 0) is 22.7 Å². The molecule has 1 N–H and O–H groups in total. The Morgan fingerprint density at radius 1 is 0.897 bits per heavy atom. The Balaban J connectivity index is 1.50. The number of nitrogens with one attached hydrogen (secondary N) is 1. The number of hydrogen-bond donors (Lipinski definition) is 1. The van der Waals surface area contributed by atoms with Gasteiger partial charge in [0, 0.05) is 39.3 Å². The van der Waals surface area contributed by atoms with Crippen LogP contribution in [-0.4, -0.2) is 47.8 Å². The zero-order valence-corrected chi connectivity index (χ0v) is 17.6. The summed E-state index contributed by atoms with van der Waals surface area (Å²) >= 11 is 0. The van der Waals surface area contributed by atoms with E-state index in [1.54, 1.807) is 13.8 Å². The summed E-state index contributed by atoms with van der Waals surface area (Å²) < 4.78 is 0. The lowest BCUT2D eigenvalue weighted by atomic mass is 9.89. The van der Waals surface area contributed by atoms with E-state index in [0.717, 1.165) is 25.2 Å². The summed E-state index contributed by atoms with van der Waals surface area (Å²) in [6.07, 6.45) is 0. The molecule has 0 radical (unpaired) electrons. The number of nitrogens with zero attached hydrogens (tertiary/aromatic N) is 2. The number of carbonyl (C=O) groups excluding carboxylic acids is 2. The van der Waals surface area contributed by atoms with Gasteiger partial charge in [-0.2, -0.15) is 0 Å². The minimum Gasteiger partial charge on any atom is -0.351 e. The van der Waals surface area contributed by atoms with E-state index in [-0.39, 0.29) is 11.8 Å². The summed E-state index contributed by atoms with van der Waals surface area (Å²) in [5, 5.41) is 2.92. The molecular formula is C24H31N3O2. The minimum absolute atomic E-state index is 0.0988. The van der Waals surface area contributed by atoms with Gasteiger partial charge < -0.3 is 10.2 Å². The van der Waals surface area contributed by atoms with Crippen LogP contribution in [0.1, 0.15) is 30.5 Å². The molecule has 1 aliphatic heterocycles. The van der Waals surface area contributed by atoms with Crippen molar-refractivity contribution in [2.24, 2.45) is 5.41 Å². The molecule has 0 atom stereocenters. The molecule has 154 valence electrons. The third-order valence-electron chi connectivity index (χ3n) is 5.58. The van der Waals surface area contributed by atoms with Crippen molar-refractivity contribution in [1.82, 2.24) is 15.1 Å². The zero-order valence-electron chi connectivity index (χ0n) is 17.6. The van der Waals surface area contributed by atoms with Crippen LogP contribution in [0.25, 0.3) is 0 Å². The lowest BCUT2D eigenvalue weighted by Gasteiger charge is -2.38. The number of piperazine rings is 1. The summed E-state index contributed by atoms with van der Waals surface area (Å²) in [5.74, 6) is -0.326. The van der Waals surface area contributed by atoms with E-state index >= 15 is 0 Å². The number of aryl methyl sites for hydroxylation is 1. The van der Waals surface area contributed by atoms with Gasteiger partial charge in [0.05, 0.1) is 0 Å². The zero-order chi connectivity index (χ0) is 20.9. The van der Waals surface area contributed by atoms with E-state index in [1.807, 2.05) is 54.3 Å². The standard InChI is InChI=1S/C24H31N3O2/c1-19-9-11-20(12-10-19)17-25-22(28)24(2,3)23(29)27-15-13-26(14-16-27)18-21-7-5-4-6-8-21/h4-12H,13-18H2,1-3H3,(H,25,28). The summed E-state index contributed by atoms with van der Waals surface area (Å²) in [7, 11) is 0. The first-order chi connectivity index (χ1) is 13.9. The lowest BCUT2D eigenvalue weighted by Crippen LogP contribution is -2.55. The smallest absolute Gasteiger partial charge is 0.237 e. The predicted molar refractivity (Wildman–Crippen MR) is 115 cm³/mol. The number of rotatable bonds is 6. The normalized spacial score (nSPS) is 15.2. The van der Waals surface area contributed by atoms with Gasteiger partial charge in [-0.15, -0.1) is 0 Å². The fourth-order valence-electron chi connectivity index (χ4n) is 3.55. The first-order valence-electron chi connectivity index (χ1n) is 10.3. The largest absolute Gasteiger partial charge is 0.351 e. The van der Waals surface area contributed by atoms with Crippen LogP contribution in [0.3, 0.4) is 0 Å². The van der Waals surface area contributed by atoms with Gasteiger partial charge in [0.2, 0.25) is 11.8 Å². The molecular weight excluding hydrogens is 362 g/mol. The van der Waals surface area contributed by atoms with Crippen molar-refractivity contribution in [3.8, 4) is 0 Å². The average molecular weight is 394 g/mol. The molecule has 29 heavy (non-hydrogen) atoms. The Morgan fingerprint density at radius 2 is 1.52 bits per heavy atom. The summed E-state index contributed by atoms with van der Waals surface area (Å²) in [6.45, 7) is 9.74. The minimum atomic E-state index is -1.08. The SMILES string of the molecule is Cc1ccc(CNC(=O)C(C)(C)C(=O)N2CCN(Cc3ccccc3)CC2)cc1. The molecule has 2 aromatic carbocycles. The third-order valence-corrected chi connectivity index (χ3v) is 5.58. The van der Waals surface area contributed by atoms with Crippen LogP contribution in [0, 0.1) is 12.3 Å². The topological polar surface area (TPSA) is 52.7 Å². The first-order valence-corrected chi connectivity index (χ1v) is 10.3. The van der Waals surface area contributed by atoms with Gasteiger partial charge in [-0.25, -0.2) is 0 Å². The molecule has 0 aromatic heterocycles. The second-order valence-corrected chi connectivity index (χ2v) is 8.35. The maximum Gasteiger partial charge on any atom is 0.237 e. The summed E-state index contributed by atoms with van der Waals surface area (Å²) in [4.78, 5) is 29.9. The van der Waals surface area contributed by atoms with E-state index < -0.39 is 5.41 Å². The Kier molecular flexibility index (Phi) is 6.70. The highest BCUT2D eigenvalue weighted by molar-refractivity contribution is 6.04. The number of benzene rings is 2. The van der Waals surface area contributed by atoms with Gasteiger partial charge in [0.25, 0.3) is 0 Å². The highest BCUT2D eigenvalue weighted by Crippen LogP contribution is 2.21. The van der Waals surface area contributed by atoms with Crippen LogP contribution < -0.4 is 5.32 Å². The Hall–Kier alpha value is -2.66. The van der Waals surface area contributed by atoms with Gasteiger partial charge in [0.15, 0.2) is 0 Å². The number of carbonyl (C=O) groups is 2. The van der Waals surface area contributed by atoms with E-state index in [0.29, 0.717) is 19.6 Å². The molecule has 1 aliphatic rings. The predicted octanol–water partition coefficient (Wildman–Crippen LogP) is 2.98. The molecule has 0 saturated carbocycles. The Labute approximate surface area is 173 Å². The number of amides is 2. The van der Waals surface area contributed by atoms with Crippen molar-refractivity contribution in [3.63, 3.8) is 0 Å². The lowest BCUT2D eigenvalue weighted by molar-refractivity contribution is -0.150. The van der Waals surface area contributed by atoms with Crippen molar-refractivity contribution in [2.45, 2.75) is 33.9 Å². The van der Waals surface area contributed by atoms with E-state index in [1.165, 1.54) is 11.1 Å². The van der Waals surface area contributed by atoms with Crippen molar-refractivity contribution in [2.75, 3.05) is 26.2 Å². The fraction of sp³-hybridized carbons (Fsp3) is 0.417. The highest BCUT2D eigenvalue weighted by Gasteiger charge is 2.39. The third kappa shape index (κ3) is 5.45. The fourth-order valence-corrected chi connectivity index (χ4v) is 3.55. The van der Waals surface area contributed by atoms with Crippen molar-refractivity contribution >= 4 is 11.8 Å². The molecule has 5 heteroatoms. The first kappa shape index (κ1) is 21.1. The molecule has 2 amide bonds. The van der Waals surface area contributed by atoms with Crippen LogP contribution in [0.5, 0.6) is 0 Å². The van der Waals surface area contributed by atoms with Crippen molar-refractivity contribution < 1.29 is 9.59 Å². The van der Waals surface area contributed by atoms with E-state index in [4.69, 9.17) is 0 Å². The van der Waals surface area contributed by atoms with Crippen LogP contribution in [0.2, 0.25) is 0 Å². The quantitative estimate of drug-likeness (QED) is 0.768. The van der Waals surface area contributed by atoms with Gasteiger partial charge >= 0.3 is 0 Å².